The average Bonchev–Trinajstić information content (AvgIpc) is 2.93. The lowest BCUT2D eigenvalue weighted by molar-refractivity contribution is -0.146. The van der Waals surface area contributed by atoms with Crippen molar-refractivity contribution in [3.05, 3.63) is 28.9 Å². The van der Waals surface area contributed by atoms with E-state index < -0.39 is 12.0 Å². The predicted octanol–water partition coefficient (Wildman–Crippen LogP) is 2.33. The summed E-state index contributed by atoms with van der Waals surface area (Å²) >= 11 is 6.29. The number of H-pyrrole nitrogens is 1. The van der Waals surface area contributed by atoms with Crippen LogP contribution in [-0.2, 0) is 9.59 Å². The van der Waals surface area contributed by atoms with Gasteiger partial charge in [-0.05, 0) is 24.1 Å². The second-order valence-electron chi connectivity index (χ2n) is 4.70. The number of hydrogen-bond acceptors (Lipinski definition) is 4. The monoisotopic (exact) mass is 310 g/mol. The number of nitrogens with one attached hydrogen (secondary N) is 1. The molecule has 1 fully saturated rings. The number of thiocarbonyl (C=S) groups is 1. The van der Waals surface area contributed by atoms with Crippen molar-refractivity contribution in [1.29, 1.82) is 0 Å². The van der Waals surface area contributed by atoms with Gasteiger partial charge in [-0.2, -0.15) is 0 Å². The van der Waals surface area contributed by atoms with Crippen LogP contribution in [-0.4, -0.2) is 37.2 Å². The molecule has 1 amide bonds. The van der Waals surface area contributed by atoms with Crippen molar-refractivity contribution >= 4 is 46.3 Å². The Labute approximate surface area is 126 Å². The molecule has 0 spiro atoms. The summed E-state index contributed by atoms with van der Waals surface area (Å²) in [7, 11) is 0. The first-order valence-corrected chi connectivity index (χ1v) is 7.27. The van der Waals surface area contributed by atoms with Gasteiger partial charge in [-0.15, -0.1) is 0 Å². The number of nitrogens with zero attached hydrogens (tertiary/aromatic N) is 1. The summed E-state index contributed by atoms with van der Waals surface area (Å²) in [5, 5.41) is 9.29. The number of aliphatic carboxylic acids is 1. The Bertz CT molecular complexity index is 578. The van der Waals surface area contributed by atoms with Gasteiger partial charge in [0, 0.05) is 11.9 Å². The minimum absolute atomic E-state index is 0.222. The van der Waals surface area contributed by atoms with Crippen LogP contribution in [0.25, 0.3) is 6.08 Å². The molecule has 7 heteroatoms. The molecule has 2 heterocycles. The van der Waals surface area contributed by atoms with Crippen molar-refractivity contribution in [2.24, 2.45) is 5.92 Å². The highest BCUT2D eigenvalue weighted by Gasteiger charge is 2.41. The number of carboxylic acids is 1. The molecule has 1 aromatic rings. The van der Waals surface area contributed by atoms with Crippen LogP contribution in [0.4, 0.5) is 0 Å². The van der Waals surface area contributed by atoms with Crippen LogP contribution in [0.1, 0.15) is 19.5 Å². The maximum atomic E-state index is 12.4. The first kappa shape index (κ1) is 14.8. The summed E-state index contributed by atoms with van der Waals surface area (Å²) in [6.45, 7) is 3.51. The second kappa shape index (κ2) is 5.80. The number of carbonyl (C=O) groups is 2. The quantitative estimate of drug-likeness (QED) is 0.659. The lowest BCUT2D eigenvalue weighted by atomic mass is 10.0. The maximum Gasteiger partial charge on any atom is 0.327 e. The SMILES string of the molecule is CC(C)[C@@H](C(=O)O)N1C(=O)/C(=C/c2ccc[nH]2)SC1=S. The molecule has 2 rings (SSSR count). The van der Waals surface area contributed by atoms with Crippen LogP contribution >= 0.6 is 24.0 Å². The maximum absolute atomic E-state index is 12.4. The molecule has 2 N–H and O–H groups in total. The Morgan fingerprint density at radius 1 is 1.55 bits per heavy atom. The number of amides is 1. The van der Waals surface area contributed by atoms with E-state index in [2.05, 4.69) is 4.98 Å². The number of hydrogen-bond donors (Lipinski definition) is 2. The number of thioether (sulfide) groups is 1. The Morgan fingerprint density at radius 2 is 2.25 bits per heavy atom. The van der Waals surface area contributed by atoms with E-state index in [0.29, 0.717) is 4.91 Å². The van der Waals surface area contributed by atoms with E-state index in [4.69, 9.17) is 12.2 Å². The normalized spacial score (nSPS) is 19.1. The number of aromatic nitrogens is 1. The van der Waals surface area contributed by atoms with E-state index in [0.717, 1.165) is 17.5 Å². The zero-order valence-electron chi connectivity index (χ0n) is 11.0. The molecule has 1 saturated heterocycles. The first-order valence-electron chi connectivity index (χ1n) is 6.05. The van der Waals surface area contributed by atoms with E-state index in [9.17, 15) is 14.7 Å². The Balaban J connectivity index is 2.31. The molecule has 106 valence electrons. The van der Waals surface area contributed by atoms with Gasteiger partial charge in [0.15, 0.2) is 0 Å². The molecular formula is C13H14N2O3S2. The van der Waals surface area contributed by atoms with E-state index in [-0.39, 0.29) is 16.1 Å². The summed E-state index contributed by atoms with van der Waals surface area (Å²) in [5.74, 6) is -1.62. The molecule has 1 aliphatic rings. The van der Waals surface area contributed by atoms with Crippen molar-refractivity contribution in [2.45, 2.75) is 19.9 Å². The summed E-state index contributed by atoms with van der Waals surface area (Å²) in [6, 6.07) is 2.71. The van der Waals surface area contributed by atoms with Gasteiger partial charge in [0.2, 0.25) is 0 Å². The fourth-order valence-corrected chi connectivity index (χ4v) is 3.31. The van der Waals surface area contributed by atoms with Crippen LogP contribution in [0.5, 0.6) is 0 Å². The van der Waals surface area contributed by atoms with Crippen molar-refractivity contribution < 1.29 is 14.7 Å². The molecule has 1 aromatic heterocycles. The minimum atomic E-state index is -1.04. The molecule has 0 bridgehead atoms. The highest BCUT2D eigenvalue weighted by molar-refractivity contribution is 8.26. The smallest absolute Gasteiger partial charge is 0.327 e. The summed E-state index contributed by atoms with van der Waals surface area (Å²) in [5.41, 5.74) is 0.780. The number of rotatable bonds is 4. The van der Waals surface area contributed by atoms with Crippen molar-refractivity contribution in [3.8, 4) is 0 Å². The van der Waals surface area contributed by atoms with Crippen LogP contribution < -0.4 is 0 Å². The zero-order valence-corrected chi connectivity index (χ0v) is 12.6. The Hall–Kier alpha value is -1.60. The Kier molecular flexibility index (Phi) is 4.29. The molecule has 20 heavy (non-hydrogen) atoms. The average molecular weight is 310 g/mol. The van der Waals surface area contributed by atoms with Crippen LogP contribution in [0.15, 0.2) is 23.2 Å². The van der Waals surface area contributed by atoms with Crippen molar-refractivity contribution in [2.75, 3.05) is 0 Å². The second-order valence-corrected chi connectivity index (χ2v) is 6.38. The molecule has 1 aliphatic heterocycles. The fraction of sp³-hybridized carbons (Fsp3) is 0.308. The van der Waals surface area contributed by atoms with Crippen LogP contribution in [0.2, 0.25) is 0 Å². The highest BCUT2D eigenvalue weighted by atomic mass is 32.2. The number of carboxylic acid groups (broad SMARTS) is 1. The number of aromatic amines is 1. The molecule has 1 atom stereocenters. The van der Waals surface area contributed by atoms with Crippen molar-refractivity contribution in [1.82, 2.24) is 9.88 Å². The third kappa shape index (κ3) is 2.78. The van der Waals surface area contributed by atoms with Gasteiger partial charge < -0.3 is 10.1 Å². The van der Waals surface area contributed by atoms with E-state index in [1.807, 2.05) is 12.1 Å². The van der Waals surface area contributed by atoms with Gasteiger partial charge >= 0.3 is 5.97 Å². The molecular weight excluding hydrogens is 296 g/mol. The van der Waals surface area contributed by atoms with Crippen molar-refractivity contribution in [3.63, 3.8) is 0 Å². The predicted molar refractivity (Wildman–Crippen MR) is 82.1 cm³/mol. The van der Waals surface area contributed by atoms with Crippen LogP contribution in [0, 0.1) is 5.92 Å². The molecule has 0 radical (unpaired) electrons. The summed E-state index contributed by atoms with van der Waals surface area (Å²) in [4.78, 5) is 28.3. The minimum Gasteiger partial charge on any atom is -0.480 e. The van der Waals surface area contributed by atoms with Gasteiger partial charge in [0.25, 0.3) is 5.91 Å². The van der Waals surface area contributed by atoms with E-state index in [1.54, 1.807) is 26.1 Å². The first-order chi connectivity index (χ1) is 9.41. The number of carbonyl (C=O) groups excluding carboxylic acids is 1. The highest BCUT2D eigenvalue weighted by Crippen LogP contribution is 2.35. The topological polar surface area (TPSA) is 73.4 Å². The summed E-state index contributed by atoms with van der Waals surface area (Å²) < 4.78 is 0.286. The molecule has 0 unspecified atom stereocenters. The van der Waals surface area contributed by atoms with Gasteiger partial charge in [-0.25, -0.2) is 4.79 Å². The van der Waals surface area contributed by atoms with Crippen LogP contribution in [0.3, 0.4) is 0 Å². The van der Waals surface area contributed by atoms with Gasteiger partial charge in [0.1, 0.15) is 10.4 Å². The fourth-order valence-electron chi connectivity index (χ4n) is 1.99. The third-order valence-electron chi connectivity index (χ3n) is 2.89. The standard InChI is InChI=1S/C13H14N2O3S2/c1-7(2)10(12(17)18)15-11(16)9(20-13(15)19)6-8-4-3-5-14-8/h3-7,10,14H,1-2H3,(H,17,18)/b9-6-/t10-/m0/s1. The third-order valence-corrected chi connectivity index (χ3v) is 4.23. The van der Waals surface area contributed by atoms with Gasteiger partial charge in [-0.1, -0.05) is 37.8 Å². The molecule has 0 aromatic carbocycles. The van der Waals surface area contributed by atoms with Gasteiger partial charge in [0.05, 0.1) is 4.91 Å². The van der Waals surface area contributed by atoms with E-state index >= 15 is 0 Å². The molecule has 5 nitrogen and oxygen atoms in total. The summed E-state index contributed by atoms with van der Waals surface area (Å²) in [6.07, 6.45) is 3.43. The zero-order chi connectivity index (χ0) is 14.9. The van der Waals surface area contributed by atoms with E-state index in [1.165, 1.54) is 4.90 Å². The lowest BCUT2D eigenvalue weighted by Crippen LogP contribution is -2.47. The largest absolute Gasteiger partial charge is 0.480 e. The Morgan fingerprint density at radius 3 is 2.75 bits per heavy atom. The lowest BCUT2D eigenvalue weighted by Gasteiger charge is -2.26. The molecule has 0 aliphatic carbocycles. The molecule has 0 saturated carbocycles. The van der Waals surface area contributed by atoms with Gasteiger partial charge in [-0.3, -0.25) is 9.69 Å².